The van der Waals surface area contributed by atoms with Crippen molar-refractivity contribution in [2.24, 2.45) is 11.5 Å². The molecule has 11 N–H and O–H groups in total. The van der Waals surface area contributed by atoms with Crippen molar-refractivity contribution in [1.82, 2.24) is 10.6 Å². The molecule has 0 aromatic carbocycles. The molecule has 0 saturated carbocycles. The molecule has 0 bridgehead atoms. The van der Waals surface area contributed by atoms with Crippen LogP contribution in [0.5, 0.6) is 0 Å². The minimum atomic E-state index is -1.51. The van der Waals surface area contributed by atoms with E-state index in [0.717, 1.165) is 6.08 Å². The van der Waals surface area contributed by atoms with E-state index < -0.39 is 84.0 Å². The predicted molar refractivity (Wildman–Crippen MR) is 175 cm³/mol. The Kier molecular flexibility index (Phi) is 29.1. The molecular weight excluding hydrogens is 720 g/mol. The van der Waals surface area contributed by atoms with Crippen LogP contribution in [0.25, 0.3) is 0 Å². The van der Waals surface area contributed by atoms with Gasteiger partial charge in [-0.2, -0.15) is 0 Å². The van der Waals surface area contributed by atoms with Crippen molar-refractivity contribution >= 4 is 53.6 Å². The summed E-state index contributed by atoms with van der Waals surface area (Å²) in [4.78, 5) is 96.7. The number of nitrogens with one attached hydrogen (secondary N) is 2. The third-order valence-corrected chi connectivity index (χ3v) is 5.29. The molecule has 0 aliphatic carbocycles. The van der Waals surface area contributed by atoms with Crippen LogP contribution in [0.3, 0.4) is 0 Å². The Balaban J connectivity index is 0. The van der Waals surface area contributed by atoms with Crippen LogP contribution in [-0.4, -0.2) is 158 Å². The van der Waals surface area contributed by atoms with Crippen molar-refractivity contribution in [2.45, 2.75) is 19.3 Å². The Morgan fingerprint density at radius 3 is 1.26 bits per heavy atom. The highest BCUT2D eigenvalue weighted by Crippen LogP contribution is 2.11. The molecule has 0 unspecified atom stereocenters. The van der Waals surface area contributed by atoms with Gasteiger partial charge in [-0.25, -0.2) is 19.2 Å². The van der Waals surface area contributed by atoms with E-state index in [1.807, 2.05) is 0 Å². The monoisotopic (exact) mass is 764 g/mol. The van der Waals surface area contributed by atoms with Crippen LogP contribution in [0.1, 0.15) is 19.3 Å². The molecular formula is C30H44N4O19. The molecule has 0 aromatic heterocycles. The fourth-order valence-electron chi connectivity index (χ4n) is 3.10. The zero-order chi connectivity index (χ0) is 40.6. The number of ether oxygens (including phenoxy) is 5. The molecule has 0 spiro atoms. The van der Waals surface area contributed by atoms with Crippen molar-refractivity contribution in [3.63, 3.8) is 0 Å². The maximum absolute atomic E-state index is 11.5. The van der Waals surface area contributed by atoms with Gasteiger partial charge in [0.2, 0.25) is 11.8 Å². The first kappa shape index (κ1) is 49.5. The second-order valence-corrected chi connectivity index (χ2v) is 9.65. The number of rotatable bonds is 26. The first-order chi connectivity index (χ1) is 25.0. The Bertz CT molecular complexity index is 1270. The van der Waals surface area contributed by atoms with E-state index in [4.69, 9.17) is 55.9 Å². The highest BCUT2D eigenvalue weighted by atomic mass is 16.6. The van der Waals surface area contributed by atoms with E-state index in [9.17, 15) is 43.2 Å². The summed E-state index contributed by atoms with van der Waals surface area (Å²) >= 11 is 0. The van der Waals surface area contributed by atoms with E-state index >= 15 is 0 Å². The van der Waals surface area contributed by atoms with Gasteiger partial charge in [-0.3, -0.25) is 24.0 Å². The summed E-state index contributed by atoms with van der Waals surface area (Å²) in [7, 11) is 0. The summed E-state index contributed by atoms with van der Waals surface area (Å²) in [5.74, 6) is -10.2. The molecule has 53 heavy (non-hydrogen) atoms. The van der Waals surface area contributed by atoms with Crippen LogP contribution in [-0.2, 0) is 66.8 Å². The zero-order valence-electron chi connectivity index (χ0n) is 28.4. The lowest BCUT2D eigenvalue weighted by molar-refractivity contribution is -0.151. The number of carbonyl (C=O) groups excluding carboxylic acids is 4. The van der Waals surface area contributed by atoms with Crippen molar-refractivity contribution in [1.29, 1.82) is 0 Å². The second kappa shape index (κ2) is 31.2. The van der Waals surface area contributed by atoms with Crippen LogP contribution in [0.15, 0.2) is 34.9 Å². The van der Waals surface area contributed by atoms with Crippen molar-refractivity contribution in [3.8, 4) is 0 Å². The summed E-state index contributed by atoms with van der Waals surface area (Å²) in [6.45, 7) is 4.07. The van der Waals surface area contributed by atoms with Gasteiger partial charge in [-0.05, 0) is 0 Å². The van der Waals surface area contributed by atoms with Gasteiger partial charge in [-0.15, -0.1) is 0 Å². The summed E-state index contributed by atoms with van der Waals surface area (Å²) in [5, 5.41) is 47.6. The highest BCUT2D eigenvalue weighted by molar-refractivity contribution is 6.10. The van der Waals surface area contributed by atoms with Crippen LogP contribution in [0, 0.1) is 0 Å². The number of nitrogens with two attached hydrogens (primary N) is 2. The van der Waals surface area contributed by atoms with Gasteiger partial charge >= 0.3 is 41.8 Å². The largest absolute Gasteiger partial charge is 0.481 e. The molecule has 0 atom stereocenters. The molecule has 23 nitrogen and oxygen atoms in total. The summed E-state index contributed by atoms with van der Waals surface area (Å²) in [6.07, 6.45) is 0.197. The van der Waals surface area contributed by atoms with Crippen LogP contribution in [0.4, 0.5) is 0 Å². The molecule has 2 amide bonds. The maximum atomic E-state index is 11.5. The van der Waals surface area contributed by atoms with Gasteiger partial charge in [0.1, 0.15) is 0 Å². The van der Waals surface area contributed by atoms with Gasteiger partial charge < -0.3 is 71.3 Å². The highest BCUT2D eigenvalue weighted by Gasteiger charge is 2.25. The zero-order valence-corrected chi connectivity index (χ0v) is 28.4. The number of carboxylic acid groups (broad SMARTS) is 5. The van der Waals surface area contributed by atoms with Crippen LogP contribution in [0.2, 0.25) is 0 Å². The van der Waals surface area contributed by atoms with E-state index in [1.54, 1.807) is 0 Å². The van der Waals surface area contributed by atoms with E-state index in [-0.39, 0.29) is 45.1 Å². The minimum absolute atomic E-state index is 0.0416. The molecule has 298 valence electrons. The number of aliphatic carboxylic acids is 5. The number of esters is 2. The average molecular weight is 765 g/mol. The van der Waals surface area contributed by atoms with Gasteiger partial charge in [0, 0.05) is 44.4 Å². The lowest BCUT2D eigenvalue weighted by atomic mass is 10.2. The third kappa shape index (κ3) is 30.9. The molecule has 0 saturated heterocycles. The standard InChI is InChI=1S/C18H24N2O12.C6H16N2O2.C6H4O5/c21-13(7-11(17(27)28)9-15(23)24)19-1-3-31-5-6-32-4-2-20-14(22)8-12(18(29)30)10-16(25)26;7-1-3-9-5-6-10-4-2-8;7-4(8)1-3-2-5(9)11-6(3)10/h7-8H,1-6,9-10H2,(H,19,21)(H,20,22)(H,23,24)(H,25,26)(H,27,28)(H,29,30);1-8H2;2H,1H2,(H,7,8)/b11-7-,12-8-;;. The summed E-state index contributed by atoms with van der Waals surface area (Å²) in [5.41, 5.74) is 9.13. The third-order valence-electron chi connectivity index (χ3n) is 5.29. The van der Waals surface area contributed by atoms with Gasteiger partial charge in [0.25, 0.3) is 0 Å². The Morgan fingerprint density at radius 1 is 0.604 bits per heavy atom. The predicted octanol–water partition coefficient (Wildman–Crippen LogP) is -3.37. The fourth-order valence-corrected chi connectivity index (χ4v) is 3.10. The normalized spacial score (nSPS) is 12.2. The molecule has 1 aliphatic rings. The minimum Gasteiger partial charge on any atom is -0.481 e. The number of hydrogen-bond donors (Lipinski definition) is 9. The molecule has 0 fully saturated rings. The first-order valence-electron chi connectivity index (χ1n) is 15.3. The maximum Gasteiger partial charge on any atom is 0.342 e. The Hall–Kier alpha value is -5.59. The van der Waals surface area contributed by atoms with Gasteiger partial charge in [0.05, 0.1) is 88.8 Å². The molecule has 1 rings (SSSR count). The summed E-state index contributed by atoms with van der Waals surface area (Å²) in [6, 6.07) is 0. The molecule has 1 heterocycles. The first-order valence-corrected chi connectivity index (χ1v) is 15.3. The lowest BCUT2D eigenvalue weighted by Gasteiger charge is -2.07. The van der Waals surface area contributed by atoms with Crippen molar-refractivity contribution < 1.29 is 92.4 Å². The molecule has 0 aromatic rings. The second-order valence-electron chi connectivity index (χ2n) is 9.65. The topological polar surface area (TPSA) is 377 Å². The van der Waals surface area contributed by atoms with E-state index in [0.29, 0.717) is 51.7 Å². The fraction of sp³-hybridized carbons (Fsp3) is 0.500. The average Bonchev–Trinajstić information content (AvgIpc) is 3.38. The van der Waals surface area contributed by atoms with Crippen molar-refractivity contribution in [3.05, 3.63) is 34.9 Å². The molecule has 23 heteroatoms. The number of carboxylic acids is 5. The smallest absolute Gasteiger partial charge is 0.342 e. The van der Waals surface area contributed by atoms with E-state index in [2.05, 4.69) is 15.4 Å². The number of hydrogen-bond acceptors (Lipinski definition) is 16. The van der Waals surface area contributed by atoms with Gasteiger partial charge in [0.15, 0.2) is 0 Å². The van der Waals surface area contributed by atoms with Crippen molar-refractivity contribution in [2.75, 3.05) is 79.0 Å². The Labute approximate surface area is 301 Å². The van der Waals surface area contributed by atoms with Gasteiger partial charge in [-0.1, -0.05) is 0 Å². The molecule has 0 radical (unpaired) electrons. The molecule has 1 aliphatic heterocycles. The quantitative estimate of drug-likeness (QED) is 0.0180. The SMILES string of the molecule is NCCOCCOCCN.O=C(O)C/C(=C/C(=O)NCCOCCOCCNC(=O)/C=C(/CC(=O)O)C(=O)O)C(=O)O.O=C(O)CC1=CC(=O)OC1=O. The number of carbonyl (C=O) groups is 9. The van der Waals surface area contributed by atoms with Crippen LogP contribution >= 0.6 is 0 Å². The lowest BCUT2D eigenvalue weighted by Crippen LogP contribution is -2.28. The Morgan fingerprint density at radius 2 is 0.981 bits per heavy atom. The summed E-state index contributed by atoms with van der Waals surface area (Å²) < 4.78 is 24.4. The van der Waals surface area contributed by atoms with Crippen LogP contribution < -0.4 is 22.1 Å². The van der Waals surface area contributed by atoms with E-state index in [1.165, 1.54) is 0 Å². The number of cyclic esters (lactones) is 2. The number of amides is 2.